The molecular weight excluding hydrogens is 421 g/mol. The van der Waals surface area contributed by atoms with Crippen LogP contribution in [0.4, 0.5) is 4.39 Å². The highest BCUT2D eigenvalue weighted by Crippen LogP contribution is 2.32. The van der Waals surface area contributed by atoms with Gasteiger partial charge in [-0.1, -0.05) is 31.8 Å². The van der Waals surface area contributed by atoms with Crippen molar-refractivity contribution >= 4 is 18.1 Å². The zero-order valence-electron chi connectivity index (χ0n) is 18.3. The number of hydrogen-bond acceptors (Lipinski definition) is 4. The van der Waals surface area contributed by atoms with Crippen molar-refractivity contribution in [2.75, 3.05) is 26.0 Å². The highest BCUT2D eigenvalue weighted by atomic mass is 32.2. The molecule has 0 amide bonds. The summed E-state index contributed by atoms with van der Waals surface area (Å²) in [7, 11) is -4.37. The highest BCUT2D eigenvalue weighted by molar-refractivity contribution is 7.88. The Labute approximate surface area is 180 Å². The van der Waals surface area contributed by atoms with Gasteiger partial charge in [-0.25, -0.2) is 22.1 Å². The summed E-state index contributed by atoms with van der Waals surface area (Å²) >= 11 is 0. The third-order valence-electron chi connectivity index (χ3n) is 5.51. The lowest BCUT2D eigenvalue weighted by Crippen LogP contribution is -2.37. The SMILES string of the molecule is C[Si](C)(C)CCOCn1c(-c2cccc(F)c2)cnc1C1CCN(S(C)(=O)=O)CC1. The normalized spacial score (nSPS) is 16.8. The van der Waals surface area contributed by atoms with Gasteiger partial charge in [-0.15, -0.1) is 0 Å². The number of benzene rings is 1. The van der Waals surface area contributed by atoms with E-state index >= 15 is 0 Å². The van der Waals surface area contributed by atoms with Crippen LogP contribution in [0.5, 0.6) is 0 Å². The fraction of sp³-hybridized carbons (Fsp3) is 0.571. The molecule has 2 aromatic rings. The van der Waals surface area contributed by atoms with Crippen LogP contribution in [0.25, 0.3) is 11.3 Å². The van der Waals surface area contributed by atoms with Crippen LogP contribution in [0.1, 0.15) is 24.6 Å². The Morgan fingerprint density at radius 3 is 2.53 bits per heavy atom. The number of ether oxygens (including phenoxy) is 1. The first-order valence-electron chi connectivity index (χ1n) is 10.4. The Bertz CT molecular complexity index is 964. The Morgan fingerprint density at radius 2 is 1.93 bits per heavy atom. The van der Waals surface area contributed by atoms with Gasteiger partial charge in [0.2, 0.25) is 10.0 Å². The smallest absolute Gasteiger partial charge is 0.211 e. The number of aromatic nitrogens is 2. The summed E-state index contributed by atoms with van der Waals surface area (Å²) in [6.45, 7) is 8.96. The Morgan fingerprint density at radius 1 is 1.23 bits per heavy atom. The molecule has 1 aromatic heterocycles. The summed E-state index contributed by atoms with van der Waals surface area (Å²) in [5, 5.41) is 0. The second-order valence-electron chi connectivity index (χ2n) is 9.22. The minimum atomic E-state index is -3.17. The van der Waals surface area contributed by atoms with Crippen molar-refractivity contribution in [1.29, 1.82) is 0 Å². The van der Waals surface area contributed by atoms with Crippen molar-refractivity contribution in [2.45, 2.75) is 51.2 Å². The molecule has 9 heteroatoms. The number of piperidine rings is 1. The molecule has 3 rings (SSSR count). The first kappa shape index (κ1) is 23.1. The predicted molar refractivity (Wildman–Crippen MR) is 120 cm³/mol. The van der Waals surface area contributed by atoms with E-state index in [1.54, 1.807) is 12.3 Å². The number of hydrogen-bond donors (Lipinski definition) is 0. The van der Waals surface area contributed by atoms with Gasteiger partial charge < -0.3 is 9.30 Å². The molecule has 0 unspecified atom stereocenters. The summed E-state index contributed by atoms with van der Waals surface area (Å²) in [4.78, 5) is 4.66. The molecule has 1 saturated heterocycles. The summed E-state index contributed by atoms with van der Waals surface area (Å²) in [6, 6.07) is 7.56. The zero-order chi connectivity index (χ0) is 21.9. The third kappa shape index (κ3) is 6.00. The number of rotatable bonds is 8. The molecule has 2 heterocycles. The lowest BCUT2D eigenvalue weighted by Gasteiger charge is -2.30. The molecule has 0 N–H and O–H groups in total. The first-order chi connectivity index (χ1) is 14.0. The lowest BCUT2D eigenvalue weighted by atomic mass is 9.97. The molecule has 0 bridgehead atoms. The molecule has 0 saturated carbocycles. The lowest BCUT2D eigenvalue weighted by molar-refractivity contribution is 0.0845. The van der Waals surface area contributed by atoms with E-state index in [2.05, 4.69) is 24.6 Å². The fourth-order valence-corrected chi connectivity index (χ4v) is 5.34. The zero-order valence-corrected chi connectivity index (χ0v) is 20.1. The molecule has 1 aliphatic heterocycles. The quantitative estimate of drug-likeness (QED) is 0.445. The van der Waals surface area contributed by atoms with Crippen molar-refractivity contribution in [3.8, 4) is 11.3 Å². The molecule has 1 fully saturated rings. The van der Waals surface area contributed by atoms with Crippen LogP contribution >= 0.6 is 0 Å². The molecule has 1 aliphatic rings. The van der Waals surface area contributed by atoms with Crippen LogP contribution in [-0.4, -0.2) is 56.3 Å². The second kappa shape index (κ2) is 9.29. The summed E-state index contributed by atoms with van der Waals surface area (Å²) in [5.41, 5.74) is 1.58. The molecule has 6 nitrogen and oxygen atoms in total. The van der Waals surface area contributed by atoms with Crippen LogP contribution in [0, 0.1) is 5.82 Å². The van der Waals surface area contributed by atoms with Crippen molar-refractivity contribution in [2.24, 2.45) is 0 Å². The van der Waals surface area contributed by atoms with Crippen molar-refractivity contribution < 1.29 is 17.5 Å². The number of nitrogens with zero attached hydrogens (tertiary/aromatic N) is 3. The number of imidazole rings is 1. The van der Waals surface area contributed by atoms with Gasteiger partial charge in [-0.05, 0) is 31.0 Å². The molecule has 0 atom stereocenters. The van der Waals surface area contributed by atoms with Gasteiger partial charge in [-0.2, -0.15) is 0 Å². The molecular formula is C21H32FN3O3SSi. The Balaban J connectivity index is 1.82. The van der Waals surface area contributed by atoms with E-state index in [0.717, 1.165) is 23.1 Å². The van der Waals surface area contributed by atoms with E-state index in [-0.39, 0.29) is 11.7 Å². The second-order valence-corrected chi connectivity index (χ2v) is 16.8. The minimum absolute atomic E-state index is 0.144. The molecule has 0 aliphatic carbocycles. The predicted octanol–water partition coefficient (Wildman–Crippen LogP) is 4.14. The summed E-state index contributed by atoms with van der Waals surface area (Å²) in [6.07, 6.45) is 4.45. The largest absolute Gasteiger partial charge is 0.361 e. The van der Waals surface area contributed by atoms with Crippen LogP contribution in [-0.2, 0) is 21.5 Å². The average Bonchev–Trinajstić information content (AvgIpc) is 3.08. The average molecular weight is 454 g/mol. The van der Waals surface area contributed by atoms with Crippen LogP contribution in [0.15, 0.2) is 30.5 Å². The molecule has 166 valence electrons. The maximum Gasteiger partial charge on any atom is 0.211 e. The van der Waals surface area contributed by atoms with Crippen molar-refractivity contribution in [3.05, 3.63) is 42.1 Å². The van der Waals surface area contributed by atoms with E-state index < -0.39 is 18.1 Å². The van der Waals surface area contributed by atoms with Crippen LogP contribution < -0.4 is 0 Å². The van der Waals surface area contributed by atoms with Gasteiger partial charge in [-0.3, -0.25) is 0 Å². The number of sulfonamides is 1. The van der Waals surface area contributed by atoms with Gasteiger partial charge in [0.1, 0.15) is 18.4 Å². The maximum atomic E-state index is 13.8. The van der Waals surface area contributed by atoms with Gasteiger partial charge in [0.25, 0.3) is 0 Å². The molecule has 0 radical (unpaired) electrons. The number of halogens is 1. The van der Waals surface area contributed by atoms with Gasteiger partial charge >= 0.3 is 0 Å². The fourth-order valence-electron chi connectivity index (χ4n) is 3.71. The van der Waals surface area contributed by atoms with Crippen molar-refractivity contribution in [1.82, 2.24) is 13.9 Å². The minimum Gasteiger partial charge on any atom is -0.361 e. The molecule has 1 aromatic carbocycles. The van der Waals surface area contributed by atoms with E-state index in [4.69, 9.17) is 4.74 Å². The van der Waals surface area contributed by atoms with Gasteiger partial charge in [0, 0.05) is 39.3 Å². The van der Waals surface area contributed by atoms with E-state index in [0.29, 0.717) is 39.3 Å². The van der Waals surface area contributed by atoms with E-state index in [9.17, 15) is 12.8 Å². The van der Waals surface area contributed by atoms with E-state index in [1.165, 1.54) is 22.7 Å². The van der Waals surface area contributed by atoms with Crippen LogP contribution in [0.2, 0.25) is 25.7 Å². The summed E-state index contributed by atoms with van der Waals surface area (Å²) < 4.78 is 47.0. The van der Waals surface area contributed by atoms with Crippen LogP contribution in [0.3, 0.4) is 0 Å². The molecule has 0 spiro atoms. The Hall–Kier alpha value is -1.55. The maximum absolute atomic E-state index is 13.8. The van der Waals surface area contributed by atoms with Gasteiger partial charge in [0.05, 0.1) is 18.1 Å². The monoisotopic (exact) mass is 453 g/mol. The topological polar surface area (TPSA) is 64.4 Å². The molecule has 30 heavy (non-hydrogen) atoms. The first-order valence-corrected chi connectivity index (χ1v) is 15.9. The third-order valence-corrected chi connectivity index (χ3v) is 8.52. The summed E-state index contributed by atoms with van der Waals surface area (Å²) in [5.74, 6) is 0.740. The van der Waals surface area contributed by atoms with Gasteiger partial charge in [0.15, 0.2) is 0 Å². The highest BCUT2D eigenvalue weighted by Gasteiger charge is 2.29. The standard InChI is InChI=1S/C21H32FN3O3SSi/c1-29(26,27)24-10-8-17(9-11-24)21-23-15-20(18-6-5-7-19(22)14-18)25(21)16-28-12-13-30(2,3)4/h5-7,14-15,17H,8-13,16H2,1-4H3. The van der Waals surface area contributed by atoms with Crippen molar-refractivity contribution in [3.63, 3.8) is 0 Å². The van der Waals surface area contributed by atoms with E-state index in [1.807, 2.05) is 10.6 Å². The Kier molecular flexibility index (Phi) is 7.16.